The first-order chi connectivity index (χ1) is 8.56. The highest BCUT2D eigenvalue weighted by atomic mass is 16.6. The van der Waals surface area contributed by atoms with Crippen LogP contribution in [0.25, 0.3) is 0 Å². The van der Waals surface area contributed by atoms with Crippen molar-refractivity contribution in [3.8, 4) is 0 Å². The number of hydrogen-bond donors (Lipinski definition) is 2. The summed E-state index contributed by atoms with van der Waals surface area (Å²) < 4.78 is 5.15. The molecule has 0 aromatic heterocycles. The van der Waals surface area contributed by atoms with Crippen LogP contribution in [0.5, 0.6) is 0 Å². The lowest BCUT2D eigenvalue weighted by atomic mass is 9.84. The van der Waals surface area contributed by atoms with E-state index in [-0.39, 0.29) is 19.5 Å². The quantitative estimate of drug-likeness (QED) is 0.800. The van der Waals surface area contributed by atoms with E-state index in [2.05, 4.69) is 0 Å². The van der Waals surface area contributed by atoms with Crippen molar-refractivity contribution in [2.45, 2.75) is 39.2 Å². The molecule has 19 heavy (non-hydrogen) atoms. The number of rotatable bonds is 3. The van der Waals surface area contributed by atoms with Gasteiger partial charge < -0.3 is 19.8 Å². The number of ether oxygens (including phenoxy) is 1. The van der Waals surface area contributed by atoms with E-state index in [1.165, 1.54) is 4.90 Å². The van der Waals surface area contributed by atoms with Crippen LogP contribution < -0.4 is 0 Å². The van der Waals surface area contributed by atoms with Crippen LogP contribution in [-0.4, -0.2) is 51.8 Å². The molecule has 7 heteroatoms. The van der Waals surface area contributed by atoms with E-state index < -0.39 is 35.5 Å². The molecular weight excluding hydrogens is 254 g/mol. The molecule has 1 atom stereocenters. The summed E-state index contributed by atoms with van der Waals surface area (Å²) in [4.78, 5) is 35.1. The first-order valence-corrected chi connectivity index (χ1v) is 5.99. The van der Waals surface area contributed by atoms with Gasteiger partial charge in [0.25, 0.3) is 0 Å². The van der Waals surface area contributed by atoms with Gasteiger partial charge in [-0.2, -0.15) is 0 Å². The largest absolute Gasteiger partial charge is 0.481 e. The summed E-state index contributed by atoms with van der Waals surface area (Å²) in [6.07, 6.45) is -0.990. The normalized spacial score (nSPS) is 23.2. The molecule has 1 fully saturated rings. The Kier molecular flexibility index (Phi) is 4.07. The summed E-state index contributed by atoms with van der Waals surface area (Å²) in [5, 5.41) is 18.0. The van der Waals surface area contributed by atoms with Gasteiger partial charge in [0.1, 0.15) is 5.60 Å². The lowest BCUT2D eigenvalue weighted by Crippen LogP contribution is -2.40. The summed E-state index contributed by atoms with van der Waals surface area (Å²) in [5.41, 5.74) is -2.08. The maximum absolute atomic E-state index is 11.8. The van der Waals surface area contributed by atoms with Crippen molar-refractivity contribution in [3.63, 3.8) is 0 Å². The molecule has 2 N–H and O–H groups in total. The van der Waals surface area contributed by atoms with Gasteiger partial charge in [-0.1, -0.05) is 0 Å². The molecule has 0 bridgehead atoms. The van der Waals surface area contributed by atoms with E-state index in [1.807, 2.05) is 0 Å². The van der Waals surface area contributed by atoms with Crippen LogP contribution in [0.1, 0.15) is 33.6 Å². The Hall–Kier alpha value is -1.79. The van der Waals surface area contributed by atoms with E-state index in [1.54, 1.807) is 20.8 Å². The van der Waals surface area contributed by atoms with Crippen LogP contribution in [0.4, 0.5) is 4.79 Å². The molecule has 0 radical (unpaired) electrons. The Morgan fingerprint density at radius 3 is 2.26 bits per heavy atom. The third-order valence-electron chi connectivity index (χ3n) is 2.95. The first kappa shape index (κ1) is 15.3. The monoisotopic (exact) mass is 273 g/mol. The zero-order valence-electron chi connectivity index (χ0n) is 11.3. The van der Waals surface area contributed by atoms with Crippen molar-refractivity contribution in [3.05, 3.63) is 0 Å². The van der Waals surface area contributed by atoms with Crippen molar-refractivity contribution in [1.29, 1.82) is 0 Å². The minimum absolute atomic E-state index is 0.119. The molecule has 0 spiro atoms. The van der Waals surface area contributed by atoms with Crippen LogP contribution in [0.3, 0.4) is 0 Å². The third-order valence-corrected chi connectivity index (χ3v) is 2.95. The maximum Gasteiger partial charge on any atom is 0.410 e. The molecule has 7 nitrogen and oxygen atoms in total. The van der Waals surface area contributed by atoms with Gasteiger partial charge in [0, 0.05) is 13.1 Å². The average molecular weight is 273 g/mol. The molecular formula is C12H19NO6. The SMILES string of the molecule is CC(C)(C)OC(=O)N1CC[C@@](CC(=O)O)(C(=O)O)C1. The molecule has 1 heterocycles. The molecule has 1 aliphatic heterocycles. The van der Waals surface area contributed by atoms with Crippen LogP contribution in [0, 0.1) is 5.41 Å². The second kappa shape index (κ2) is 5.07. The Bertz CT molecular complexity index is 400. The van der Waals surface area contributed by atoms with Crippen molar-refractivity contribution in [1.82, 2.24) is 4.90 Å². The number of hydrogen-bond acceptors (Lipinski definition) is 4. The number of likely N-dealkylation sites (tertiary alicyclic amines) is 1. The number of carboxylic acids is 2. The van der Waals surface area contributed by atoms with Gasteiger partial charge in [-0.05, 0) is 27.2 Å². The number of carbonyl (C=O) groups is 3. The van der Waals surface area contributed by atoms with Crippen molar-refractivity contribution < 1.29 is 29.3 Å². The van der Waals surface area contributed by atoms with E-state index in [9.17, 15) is 19.5 Å². The summed E-state index contributed by atoms with van der Waals surface area (Å²) >= 11 is 0. The molecule has 1 saturated heterocycles. The topological polar surface area (TPSA) is 104 Å². The van der Waals surface area contributed by atoms with E-state index in [0.717, 1.165) is 0 Å². The zero-order valence-corrected chi connectivity index (χ0v) is 11.3. The Labute approximate surface area is 111 Å². The van der Waals surface area contributed by atoms with E-state index in [4.69, 9.17) is 9.84 Å². The summed E-state index contributed by atoms with van der Waals surface area (Å²) in [5.74, 6) is -2.38. The molecule has 1 rings (SSSR count). The van der Waals surface area contributed by atoms with Gasteiger partial charge in [0.15, 0.2) is 0 Å². The second-order valence-corrected chi connectivity index (χ2v) is 5.81. The standard InChI is InChI=1S/C12H19NO6/c1-11(2,3)19-10(18)13-5-4-12(7-13,9(16)17)6-8(14)15/h4-7H2,1-3H3,(H,14,15)(H,16,17)/t12-/m0/s1. The predicted octanol–water partition coefficient (Wildman–Crippen LogP) is 1.17. The van der Waals surface area contributed by atoms with Crippen molar-refractivity contribution in [2.75, 3.05) is 13.1 Å². The molecule has 0 aromatic rings. The highest BCUT2D eigenvalue weighted by Crippen LogP contribution is 2.35. The fourth-order valence-electron chi connectivity index (χ4n) is 2.04. The zero-order chi connectivity index (χ0) is 14.8. The van der Waals surface area contributed by atoms with Crippen molar-refractivity contribution >= 4 is 18.0 Å². The van der Waals surface area contributed by atoms with E-state index >= 15 is 0 Å². The van der Waals surface area contributed by atoms with Crippen molar-refractivity contribution in [2.24, 2.45) is 5.41 Å². The number of nitrogens with zero attached hydrogens (tertiary/aromatic N) is 1. The Balaban J connectivity index is 2.77. The lowest BCUT2D eigenvalue weighted by molar-refractivity contribution is -0.154. The fraction of sp³-hybridized carbons (Fsp3) is 0.750. The van der Waals surface area contributed by atoms with Gasteiger partial charge in [-0.15, -0.1) is 0 Å². The molecule has 0 aliphatic carbocycles. The highest BCUT2D eigenvalue weighted by Gasteiger charge is 2.48. The molecule has 0 saturated carbocycles. The number of carboxylic acid groups (broad SMARTS) is 2. The summed E-state index contributed by atoms with van der Waals surface area (Å²) in [6, 6.07) is 0. The molecule has 1 aliphatic rings. The first-order valence-electron chi connectivity index (χ1n) is 5.99. The Morgan fingerprint density at radius 1 is 1.26 bits per heavy atom. The molecule has 1 amide bonds. The van der Waals surface area contributed by atoms with Gasteiger partial charge in [0.05, 0.1) is 11.8 Å². The highest BCUT2D eigenvalue weighted by molar-refractivity contribution is 5.83. The van der Waals surface area contributed by atoms with Crippen LogP contribution in [0.2, 0.25) is 0 Å². The maximum atomic E-state index is 11.8. The number of amides is 1. The van der Waals surface area contributed by atoms with Crippen LogP contribution in [-0.2, 0) is 14.3 Å². The molecule has 0 aromatic carbocycles. The van der Waals surface area contributed by atoms with Crippen LogP contribution in [0.15, 0.2) is 0 Å². The smallest absolute Gasteiger partial charge is 0.410 e. The summed E-state index contributed by atoms with van der Waals surface area (Å²) in [6.45, 7) is 5.19. The average Bonchev–Trinajstić information content (AvgIpc) is 2.59. The summed E-state index contributed by atoms with van der Waals surface area (Å²) in [7, 11) is 0. The van der Waals surface area contributed by atoms with Gasteiger partial charge in [0.2, 0.25) is 0 Å². The number of carbonyl (C=O) groups excluding carboxylic acids is 1. The van der Waals surface area contributed by atoms with Gasteiger partial charge in [-0.25, -0.2) is 4.79 Å². The predicted molar refractivity (Wildman–Crippen MR) is 64.7 cm³/mol. The minimum atomic E-state index is -1.41. The van der Waals surface area contributed by atoms with E-state index in [0.29, 0.717) is 0 Å². The number of aliphatic carboxylic acids is 2. The fourth-order valence-corrected chi connectivity index (χ4v) is 2.04. The molecule has 0 unspecified atom stereocenters. The van der Waals surface area contributed by atoms with Gasteiger partial charge in [-0.3, -0.25) is 9.59 Å². The third kappa shape index (κ3) is 3.84. The Morgan fingerprint density at radius 2 is 1.84 bits per heavy atom. The lowest BCUT2D eigenvalue weighted by Gasteiger charge is -2.26. The van der Waals surface area contributed by atoms with Gasteiger partial charge >= 0.3 is 18.0 Å². The minimum Gasteiger partial charge on any atom is -0.481 e. The molecule has 108 valence electrons. The van der Waals surface area contributed by atoms with Crippen LogP contribution >= 0.6 is 0 Å². The second-order valence-electron chi connectivity index (χ2n) is 5.81.